The number of carbonyl (C=O) groups is 2. The standard InChI is InChI=1S/C25H32NO5/c1-14(2)23(28)30-18-7-6-16-12-19-25(29)9-8-17(27)22-24(25,20(16)21(18)31-22)10-11-26(19,3)13-15-4-5-15/h6-7,14-15,19,22,29H,4-5,8-13H2,1-3H3/q+1/t19-,22+,24+,25-,26-/m1/s1/i3D3. The summed E-state index contributed by atoms with van der Waals surface area (Å²) < 4.78 is 37.6. The zero-order valence-electron chi connectivity index (χ0n) is 21.1. The lowest BCUT2D eigenvalue weighted by molar-refractivity contribution is -0.950. The summed E-state index contributed by atoms with van der Waals surface area (Å²) in [5.41, 5.74) is -0.736. The molecular formula is C25H32NO5+. The lowest BCUT2D eigenvalue weighted by Crippen LogP contribution is -2.80. The molecule has 1 aromatic carbocycles. The van der Waals surface area contributed by atoms with Crippen molar-refractivity contribution >= 4 is 11.8 Å². The smallest absolute Gasteiger partial charge is 0.313 e. The number of Topliss-reactive ketones (excluding diaryl/α,β-unsaturated/α-hetero) is 1. The summed E-state index contributed by atoms with van der Waals surface area (Å²) >= 11 is 0. The highest BCUT2D eigenvalue weighted by atomic mass is 16.6. The van der Waals surface area contributed by atoms with Gasteiger partial charge in [-0.25, -0.2) is 0 Å². The second kappa shape index (κ2) is 6.10. The summed E-state index contributed by atoms with van der Waals surface area (Å²) in [5, 5.41) is 12.5. The van der Waals surface area contributed by atoms with E-state index in [0.717, 1.165) is 24.0 Å². The van der Waals surface area contributed by atoms with Gasteiger partial charge in [-0.3, -0.25) is 9.59 Å². The highest BCUT2D eigenvalue weighted by Gasteiger charge is 2.76. The van der Waals surface area contributed by atoms with Crippen molar-refractivity contribution in [2.45, 2.75) is 75.5 Å². The Morgan fingerprint density at radius 2 is 2.19 bits per heavy atom. The molecule has 2 aliphatic heterocycles. The normalized spacial score (nSPS) is 41.7. The predicted octanol–water partition coefficient (Wildman–Crippen LogP) is 2.53. The first-order valence-electron chi connectivity index (χ1n) is 13.1. The molecule has 5 aliphatic rings. The number of ketones is 1. The Kier molecular flexibility index (Phi) is 3.28. The number of likely N-dealkylation sites (tertiary alicyclic amines) is 1. The van der Waals surface area contributed by atoms with Gasteiger partial charge < -0.3 is 19.1 Å². The van der Waals surface area contributed by atoms with Crippen molar-refractivity contribution in [3.63, 3.8) is 0 Å². The van der Waals surface area contributed by atoms with E-state index in [4.69, 9.17) is 13.6 Å². The number of piperidine rings is 1. The zero-order chi connectivity index (χ0) is 24.3. The van der Waals surface area contributed by atoms with Gasteiger partial charge in [-0.05, 0) is 30.9 Å². The first kappa shape index (κ1) is 16.7. The van der Waals surface area contributed by atoms with Crippen LogP contribution in [0.3, 0.4) is 0 Å². The highest BCUT2D eigenvalue weighted by molar-refractivity contribution is 5.90. The van der Waals surface area contributed by atoms with Gasteiger partial charge in [0.05, 0.1) is 35.5 Å². The quantitative estimate of drug-likeness (QED) is 0.452. The third-order valence-electron chi connectivity index (χ3n) is 8.58. The molecule has 1 N–H and O–H groups in total. The number of aliphatic hydroxyl groups is 1. The van der Waals surface area contributed by atoms with E-state index < -0.39 is 36.1 Å². The molecule has 0 amide bonds. The van der Waals surface area contributed by atoms with Crippen LogP contribution in [0, 0.1) is 11.8 Å². The second-order valence-electron chi connectivity index (χ2n) is 10.7. The summed E-state index contributed by atoms with van der Waals surface area (Å²) in [5.74, 6) is 0.212. The molecule has 2 bridgehead atoms. The fourth-order valence-electron chi connectivity index (χ4n) is 6.90. The summed E-state index contributed by atoms with van der Waals surface area (Å²) in [4.78, 5) is 25.6. The first-order valence-corrected chi connectivity index (χ1v) is 11.6. The lowest BCUT2D eigenvalue weighted by Gasteiger charge is -2.64. The minimum absolute atomic E-state index is 0.0790. The van der Waals surface area contributed by atoms with E-state index in [1.165, 1.54) is 0 Å². The number of ether oxygens (including phenoxy) is 2. The maximum Gasteiger partial charge on any atom is 0.313 e. The van der Waals surface area contributed by atoms with Gasteiger partial charge in [0.1, 0.15) is 11.6 Å². The monoisotopic (exact) mass is 429 g/mol. The molecule has 5 atom stereocenters. The van der Waals surface area contributed by atoms with E-state index in [-0.39, 0.29) is 34.8 Å². The number of quaternary nitrogens is 1. The number of likely N-dealkylation sites (N-methyl/N-ethyl adjacent to an activating group) is 1. The van der Waals surface area contributed by atoms with Crippen molar-refractivity contribution in [2.75, 3.05) is 20.1 Å². The Morgan fingerprint density at radius 1 is 1.39 bits per heavy atom. The number of nitrogens with zero attached hydrogens (tertiary/aromatic N) is 1. The summed E-state index contributed by atoms with van der Waals surface area (Å²) in [7, 11) is 0. The van der Waals surface area contributed by atoms with Crippen LogP contribution in [-0.2, 0) is 21.4 Å². The van der Waals surface area contributed by atoms with E-state index in [9.17, 15) is 14.7 Å². The first-order chi connectivity index (χ1) is 15.9. The molecule has 1 spiro atoms. The molecule has 0 aromatic heterocycles. The molecular weight excluding hydrogens is 394 g/mol. The van der Waals surface area contributed by atoms with Crippen molar-refractivity contribution in [1.29, 1.82) is 0 Å². The third-order valence-corrected chi connectivity index (χ3v) is 8.58. The number of rotatable bonds is 4. The number of benzene rings is 1. The molecule has 1 aromatic rings. The average molecular weight is 430 g/mol. The predicted molar refractivity (Wildman–Crippen MR) is 113 cm³/mol. The SMILES string of the molecule is [2H]C([2H])([2H])[N@+]1(CC2CC2)CC[C@]23c4c5ccc(OC(=O)C(C)C)c4O[C@H]2C(=O)CC[C@@]3(O)[C@H]1C5. The summed E-state index contributed by atoms with van der Waals surface area (Å²) in [6.45, 7) is 2.13. The zero-order valence-corrected chi connectivity index (χ0v) is 18.1. The van der Waals surface area contributed by atoms with Crippen LogP contribution >= 0.6 is 0 Å². The van der Waals surface area contributed by atoms with Crippen molar-refractivity contribution in [3.8, 4) is 11.5 Å². The van der Waals surface area contributed by atoms with Crippen LogP contribution in [0.2, 0.25) is 0 Å². The van der Waals surface area contributed by atoms with Gasteiger partial charge in [0.15, 0.2) is 23.4 Å². The molecule has 3 aliphatic carbocycles. The van der Waals surface area contributed by atoms with E-state index >= 15 is 0 Å². The molecule has 6 rings (SSSR count). The maximum absolute atomic E-state index is 13.2. The van der Waals surface area contributed by atoms with Gasteiger partial charge in [0.25, 0.3) is 0 Å². The molecule has 6 heteroatoms. The molecule has 166 valence electrons. The van der Waals surface area contributed by atoms with E-state index in [0.29, 0.717) is 37.6 Å². The highest BCUT2D eigenvalue weighted by Crippen LogP contribution is 2.66. The van der Waals surface area contributed by atoms with Crippen molar-refractivity contribution < 1.29 is 32.8 Å². The summed E-state index contributed by atoms with van der Waals surface area (Å²) in [6, 6.07) is 3.02. The Balaban J connectivity index is 1.55. The Bertz CT molecular complexity index is 1100. The van der Waals surface area contributed by atoms with Crippen LogP contribution in [-0.4, -0.2) is 59.2 Å². The minimum Gasteiger partial charge on any atom is -0.477 e. The molecule has 31 heavy (non-hydrogen) atoms. The molecule has 0 radical (unpaired) electrons. The number of hydrogen-bond donors (Lipinski definition) is 1. The van der Waals surface area contributed by atoms with E-state index in [1.54, 1.807) is 19.9 Å². The van der Waals surface area contributed by atoms with Crippen LogP contribution in [0.25, 0.3) is 0 Å². The van der Waals surface area contributed by atoms with Crippen LogP contribution in [0.4, 0.5) is 0 Å². The van der Waals surface area contributed by atoms with Gasteiger partial charge in [-0.1, -0.05) is 19.9 Å². The fraction of sp³-hybridized carbons (Fsp3) is 0.680. The number of carbonyl (C=O) groups excluding carboxylic acids is 2. The number of hydrogen-bond acceptors (Lipinski definition) is 5. The van der Waals surface area contributed by atoms with Crippen LogP contribution in [0.15, 0.2) is 12.1 Å². The lowest BCUT2D eigenvalue weighted by atomic mass is 9.48. The Morgan fingerprint density at radius 3 is 2.90 bits per heavy atom. The average Bonchev–Trinajstić information content (AvgIpc) is 3.49. The summed E-state index contributed by atoms with van der Waals surface area (Å²) in [6.07, 6.45) is 2.29. The largest absolute Gasteiger partial charge is 0.477 e. The molecule has 3 fully saturated rings. The topological polar surface area (TPSA) is 72.8 Å². The van der Waals surface area contributed by atoms with Gasteiger partial charge in [-0.2, -0.15) is 0 Å². The molecule has 2 saturated carbocycles. The van der Waals surface area contributed by atoms with E-state index in [2.05, 4.69) is 0 Å². The molecule has 0 unspecified atom stereocenters. The second-order valence-corrected chi connectivity index (χ2v) is 10.7. The van der Waals surface area contributed by atoms with Crippen molar-refractivity contribution in [2.24, 2.45) is 11.8 Å². The third kappa shape index (κ3) is 2.41. The van der Waals surface area contributed by atoms with Crippen LogP contribution in [0.1, 0.15) is 61.2 Å². The Hall–Kier alpha value is -1.92. The van der Waals surface area contributed by atoms with Gasteiger partial charge in [-0.15, -0.1) is 0 Å². The minimum atomic E-state index is -2.27. The molecule has 6 nitrogen and oxygen atoms in total. The van der Waals surface area contributed by atoms with Crippen LogP contribution in [0.5, 0.6) is 11.5 Å². The van der Waals surface area contributed by atoms with Gasteiger partial charge in [0.2, 0.25) is 0 Å². The maximum atomic E-state index is 13.2. The van der Waals surface area contributed by atoms with Gasteiger partial charge >= 0.3 is 5.97 Å². The van der Waals surface area contributed by atoms with Gasteiger partial charge in [0, 0.05) is 30.7 Å². The molecule has 2 heterocycles. The fourth-order valence-corrected chi connectivity index (χ4v) is 6.90. The molecule has 1 saturated heterocycles. The van der Waals surface area contributed by atoms with E-state index in [1.807, 2.05) is 6.07 Å². The Labute approximate surface area is 187 Å². The van der Waals surface area contributed by atoms with Crippen molar-refractivity contribution in [1.82, 2.24) is 0 Å². The van der Waals surface area contributed by atoms with Crippen LogP contribution < -0.4 is 9.47 Å². The van der Waals surface area contributed by atoms with Crippen molar-refractivity contribution in [3.05, 3.63) is 23.3 Å². The number of esters is 1.